The van der Waals surface area contributed by atoms with Crippen molar-refractivity contribution in [2.24, 2.45) is 0 Å². The molecule has 9 nitrogen and oxygen atoms in total. The lowest BCUT2D eigenvalue weighted by atomic mass is 9.84. The van der Waals surface area contributed by atoms with Crippen molar-refractivity contribution in [3.63, 3.8) is 0 Å². The van der Waals surface area contributed by atoms with Gasteiger partial charge in [-0.15, -0.1) is 0 Å². The Morgan fingerprint density at radius 3 is 2.54 bits per heavy atom. The van der Waals surface area contributed by atoms with Crippen LogP contribution in [-0.2, 0) is 21.6 Å². The van der Waals surface area contributed by atoms with Crippen LogP contribution in [0.15, 0.2) is 82.5 Å². The number of benzene rings is 3. The largest absolute Gasteiger partial charge is 0.457 e. The molecule has 3 aromatic carbocycles. The maximum atomic E-state index is 15.1. The molecule has 2 amide bonds. The van der Waals surface area contributed by atoms with Crippen LogP contribution < -0.4 is 15.2 Å². The number of carbonyl (C=O) groups is 3. The minimum Gasteiger partial charge on any atom is -0.457 e. The molecule has 0 aliphatic carbocycles. The molecule has 0 saturated heterocycles. The second-order valence-electron chi connectivity index (χ2n) is 11.2. The molecule has 2 aliphatic heterocycles. The molecule has 4 heterocycles. The van der Waals surface area contributed by atoms with Crippen molar-refractivity contribution in [1.29, 1.82) is 0 Å². The van der Waals surface area contributed by atoms with Crippen molar-refractivity contribution < 1.29 is 27.9 Å². The standard InChI is InChI=1S/C35H26FN3O6S/c1-5-14-44-32(42)30-20(4)37-34(46-30)39-31(41)29-27(28(40)22-15-18(2)19(3)16-26(22)45-29)35(39)23-11-7-9-13-25(23)38(33(35)43)17-21-10-6-8-12-24(21)36/h5-13,15-16H,1,14,17H2,2-4H3. The Balaban J connectivity index is 1.53. The van der Waals surface area contributed by atoms with Crippen molar-refractivity contribution in [3.05, 3.63) is 134 Å². The molecule has 2 aromatic heterocycles. The average molecular weight is 636 g/mol. The number of amides is 2. The summed E-state index contributed by atoms with van der Waals surface area (Å²) < 4.78 is 26.4. The Hall–Kier alpha value is -5.42. The van der Waals surface area contributed by atoms with Gasteiger partial charge >= 0.3 is 5.97 Å². The second-order valence-corrected chi connectivity index (χ2v) is 12.2. The predicted molar refractivity (Wildman–Crippen MR) is 171 cm³/mol. The van der Waals surface area contributed by atoms with Crippen LogP contribution in [0, 0.1) is 26.6 Å². The van der Waals surface area contributed by atoms with Crippen molar-refractivity contribution in [3.8, 4) is 0 Å². The highest BCUT2D eigenvalue weighted by Gasteiger charge is 2.66. The maximum Gasteiger partial charge on any atom is 0.350 e. The highest BCUT2D eigenvalue weighted by atomic mass is 32.1. The van der Waals surface area contributed by atoms with E-state index in [1.807, 2.05) is 13.8 Å². The summed E-state index contributed by atoms with van der Waals surface area (Å²) in [7, 11) is 0. The van der Waals surface area contributed by atoms with E-state index in [-0.39, 0.29) is 56.7 Å². The fourth-order valence-electron chi connectivity index (χ4n) is 6.24. The van der Waals surface area contributed by atoms with Crippen LogP contribution in [-0.4, -0.2) is 29.4 Å². The normalized spacial score (nSPS) is 16.8. The molecule has 11 heteroatoms. The van der Waals surface area contributed by atoms with Crippen molar-refractivity contribution in [2.45, 2.75) is 32.9 Å². The summed E-state index contributed by atoms with van der Waals surface area (Å²) in [5.41, 5.74) is 0.324. The second kappa shape index (κ2) is 10.6. The number of hydrogen-bond donors (Lipinski definition) is 0. The number of ether oxygens (including phenoxy) is 1. The maximum absolute atomic E-state index is 15.1. The van der Waals surface area contributed by atoms with Gasteiger partial charge in [0.1, 0.15) is 22.9 Å². The first-order valence-electron chi connectivity index (χ1n) is 14.4. The van der Waals surface area contributed by atoms with Gasteiger partial charge in [0.05, 0.1) is 28.9 Å². The van der Waals surface area contributed by atoms with E-state index in [4.69, 9.17) is 9.15 Å². The van der Waals surface area contributed by atoms with Gasteiger partial charge in [-0.05, 0) is 56.2 Å². The fourth-order valence-corrected chi connectivity index (χ4v) is 7.25. The number of aromatic nitrogens is 1. The van der Waals surface area contributed by atoms with Gasteiger partial charge < -0.3 is 14.1 Å². The minimum atomic E-state index is -2.06. The number of rotatable bonds is 6. The van der Waals surface area contributed by atoms with Crippen LogP contribution in [0.4, 0.5) is 15.2 Å². The van der Waals surface area contributed by atoms with Gasteiger partial charge in [-0.1, -0.05) is 60.4 Å². The summed E-state index contributed by atoms with van der Waals surface area (Å²) in [6, 6.07) is 16.2. The van der Waals surface area contributed by atoms with Crippen molar-refractivity contribution in [2.75, 3.05) is 16.4 Å². The lowest BCUT2D eigenvalue weighted by molar-refractivity contribution is -0.121. The quantitative estimate of drug-likeness (QED) is 0.164. The molecule has 0 saturated carbocycles. The Bertz CT molecular complexity index is 2220. The monoisotopic (exact) mass is 635 g/mol. The molecule has 1 unspecified atom stereocenters. The molecule has 0 radical (unpaired) electrons. The predicted octanol–water partition coefficient (Wildman–Crippen LogP) is 6.11. The third-order valence-electron chi connectivity index (χ3n) is 8.52. The van der Waals surface area contributed by atoms with Gasteiger partial charge in [0.15, 0.2) is 16.1 Å². The molecule has 0 bridgehead atoms. The highest BCUT2D eigenvalue weighted by molar-refractivity contribution is 7.17. The number of fused-ring (bicyclic) bond motifs is 5. The van der Waals surface area contributed by atoms with E-state index >= 15 is 4.79 Å². The summed E-state index contributed by atoms with van der Waals surface area (Å²) in [5.74, 6) is -2.93. The molecular formula is C35H26FN3O6S. The summed E-state index contributed by atoms with van der Waals surface area (Å²) >= 11 is 0.861. The fraction of sp³-hybridized carbons (Fsp3) is 0.171. The van der Waals surface area contributed by atoms with Crippen LogP contribution in [0.5, 0.6) is 0 Å². The smallest absolute Gasteiger partial charge is 0.350 e. The van der Waals surface area contributed by atoms with E-state index in [9.17, 15) is 18.8 Å². The third-order valence-corrected chi connectivity index (χ3v) is 9.64. The topological polar surface area (TPSA) is 110 Å². The molecule has 2 aliphatic rings. The van der Waals surface area contributed by atoms with E-state index in [2.05, 4.69) is 11.6 Å². The van der Waals surface area contributed by atoms with Crippen LogP contribution in [0.3, 0.4) is 0 Å². The molecule has 1 atom stereocenters. The van der Waals surface area contributed by atoms with Gasteiger partial charge in [0, 0.05) is 11.1 Å². The zero-order valence-electron chi connectivity index (χ0n) is 25.0. The van der Waals surface area contributed by atoms with Gasteiger partial charge in [0.25, 0.3) is 11.8 Å². The third kappa shape index (κ3) is 4.01. The number of thiazole rings is 1. The number of para-hydroxylation sites is 1. The van der Waals surface area contributed by atoms with E-state index in [1.54, 1.807) is 61.5 Å². The summed E-state index contributed by atoms with van der Waals surface area (Å²) in [6.07, 6.45) is 1.43. The van der Waals surface area contributed by atoms with Gasteiger partial charge in [0.2, 0.25) is 5.76 Å². The molecular weight excluding hydrogens is 609 g/mol. The lowest BCUT2D eigenvalue weighted by Gasteiger charge is -2.32. The number of halogens is 1. The minimum absolute atomic E-state index is 0.00818. The van der Waals surface area contributed by atoms with Gasteiger partial charge in [-0.25, -0.2) is 14.2 Å². The Labute approximate surface area is 266 Å². The first-order valence-corrected chi connectivity index (χ1v) is 15.2. The van der Waals surface area contributed by atoms with Crippen LogP contribution in [0.25, 0.3) is 11.0 Å². The number of anilines is 2. The molecule has 5 aromatic rings. The average Bonchev–Trinajstić information content (AvgIpc) is 3.62. The van der Waals surface area contributed by atoms with E-state index < -0.39 is 34.6 Å². The molecule has 1 spiro atoms. The molecule has 0 fully saturated rings. The Morgan fingerprint density at radius 2 is 1.78 bits per heavy atom. The Kier molecular flexibility index (Phi) is 6.75. The van der Waals surface area contributed by atoms with Crippen molar-refractivity contribution in [1.82, 2.24) is 4.98 Å². The van der Waals surface area contributed by atoms with Crippen LogP contribution in [0.2, 0.25) is 0 Å². The van der Waals surface area contributed by atoms with Gasteiger partial charge in [-0.3, -0.25) is 19.3 Å². The van der Waals surface area contributed by atoms with Crippen LogP contribution in [0.1, 0.15) is 53.7 Å². The van der Waals surface area contributed by atoms with Crippen molar-refractivity contribution >= 4 is 50.9 Å². The zero-order valence-corrected chi connectivity index (χ0v) is 25.9. The summed E-state index contributed by atoms with van der Waals surface area (Å²) in [5, 5.41) is 0.198. The molecule has 0 N–H and O–H groups in total. The Morgan fingerprint density at radius 1 is 1.07 bits per heavy atom. The number of nitrogens with zero attached hydrogens (tertiary/aromatic N) is 3. The van der Waals surface area contributed by atoms with Gasteiger partial charge in [-0.2, -0.15) is 0 Å². The first-order chi connectivity index (χ1) is 22.1. The lowest BCUT2D eigenvalue weighted by Crippen LogP contribution is -2.53. The molecule has 46 heavy (non-hydrogen) atoms. The molecule has 7 rings (SSSR count). The molecule has 230 valence electrons. The number of aryl methyl sites for hydroxylation is 3. The van der Waals surface area contributed by atoms with E-state index in [1.165, 1.54) is 17.0 Å². The zero-order chi connectivity index (χ0) is 32.5. The van der Waals surface area contributed by atoms with E-state index in [0.717, 1.165) is 27.4 Å². The summed E-state index contributed by atoms with van der Waals surface area (Å²) in [6.45, 7) is 8.66. The van der Waals surface area contributed by atoms with E-state index in [0.29, 0.717) is 11.3 Å². The summed E-state index contributed by atoms with van der Waals surface area (Å²) in [4.78, 5) is 64.3. The highest BCUT2D eigenvalue weighted by Crippen LogP contribution is 2.55. The first kappa shape index (κ1) is 29.3. The number of carbonyl (C=O) groups excluding carboxylic acids is 3. The number of esters is 1. The number of hydrogen-bond acceptors (Lipinski definition) is 8. The SMILES string of the molecule is C=CCOC(=O)c1sc(N2C(=O)c3oc4cc(C)c(C)cc4c(=O)c3C23C(=O)N(Cc2ccccc2F)c2ccccc23)nc1C. The van der Waals surface area contributed by atoms with Crippen LogP contribution >= 0.6 is 11.3 Å².